The van der Waals surface area contributed by atoms with Crippen molar-refractivity contribution in [1.29, 1.82) is 0 Å². The summed E-state index contributed by atoms with van der Waals surface area (Å²) in [6.45, 7) is 0. The lowest BCUT2D eigenvalue weighted by atomic mass is 10.1. The standard InChI is InChI=1S/C21H18N4O4S2/c1-25-14(11-13(24-25)16-9-6-10-30-16)19(26)23-21-22-17(20(27)29-3)18(31-21)12-7-4-5-8-15(12)28-2/h4-11H,1-3H3,(H,22,23,26). The van der Waals surface area contributed by atoms with Crippen molar-refractivity contribution in [2.24, 2.45) is 7.05 Å². The summed E-state index contributed by atoms with van der Waals surface area (Å²) >= 11 is 2.71. The van der Waals surface area contributed by atoms with Crippen LogP contribution in [0.2, 0.25) is 0 Å². The van der Waals surface area contributed by atoms with Crippen LogP contribution in [0.15, 0.2) is 47.8 Å². The lowest BCUT2D eigenvalue weighted by molar-refractivity contribution is 0.0595. The SMILES string of the molecule is COC(=O)c1nc(NC(=O)c2cc(-c3cccs3)nn2C)sc1-c1ccccc1OC. The van der Waals surface area contributed by atoms with Crippen LogP contribution in [0, 0.1) is 0 Å². The zero-order valence-electron chi connectivity index (χ0n) is 16.9. The van der Waals surface area contributed by atoms with Crippen molar-refractivity contribution in [3.63, 3.8) is 0 Å². The van der Waals surface area contributed by atoms with E-state index in [4.69, 9.17) is 9.47 Å². The fraction of sp³-hybridized carbons (Fsp3) is 0.143. The number of ether oxygens (including phenoxy) is 2. The molecule has 8 nitrogen and oxygen atoms in total. The van der Waals surface area contributed by atoms with Gasteiger partial charge in [-0.25, -0.2) is 9.78 Å². The van der Waals surface area contributed by atoms with E-state index in [9.17, 15) is 9.59 Å². The number of nitrogens with zero attached hydrogens (tertiary/aromatic N) is 3. The average Bonchev–Trinajstić information content (AvgIpc) is 3.52. The quantitative estimate of drug-likeness (QED) is 0.436. The number of thiazole rings is 1. The number of amides is 1. The van der Waals surface area contributed by atoms with Crippen molar-refractivity contribution in [3.05, 3.63) is 59.2 Å². The van der Waals surface area contributed by atoms with Gasteiger partial charge in [0.25, 0.3) is 5.91 Å². The zero-order chi connectivity index (χ0) is 22.0. The smallest absolute Gasteiger partial charge is 0.358 e. The molecule has 0 aliphatic rings. The number of carbonyl (C=O) groups excluding carboxylic acids is 2. The number of hydrogen-bond donors (Lipinski definition) is 1. The fourth-order valence-electron chi connectivity index (χ4n) is 3.01. The van der Waals surface area contributed by atoms with E-state index in [-0.39, 0.29) is 16.7 Å². The predicted molar refractivity (Wildman–Crippen MR) is 120 cm³/mol. The summed E-state index contributed by atoms with van der Waals surface area (Å²) in [5.74, 6) is -0.394. The molecule has 0 atom stereocenters. The first-order chi connectivity index (χ1) is 15.0. The van der Waals surface area contributed by atoms with Gasteiger partial charge in [-0.05, 0) is 29.6 Å². The number of para-hydroxylation sites is 1. The highest BCUT2D eigenvalue weighted by Crippen LogP contribution is 2.38. The van der Waals surface area contributed by atoms with Crippen molar-refractivity contribution in [1.82, 2.24) is 14.8 Å². The maximum absolute atomic E-state index is 12.9. The normalized spacial score (nSPS) is 10.7. The van der Waals surface area contributed by atoms with Gasteiger partial charge in [0.05, 0.1) is 24.0 Å². The van der Waals surface area contributed by atoms with Gasteiger partial charge in [-0.2, -0.15) is 5.10 Å². The summed E-state index contributed by atoms with van der Waals surface area (Å²) in [6.07, 6.45) is 0. The first kappa shape index (κ1) is 20.8. The van der Waals surface area contributed by atoms with E-state index in [1.165, 1.54) is 23.1 Å². The van der Waals surface area contributed by atoms with Gasteiger partial charge in [0, 0.05) is 12.6 Å². The van der Waals surface area contributed by atoms with E-state index in [0.29, 0.717) is 27.6 Å². The Hall–Kier alpha value is -3.50. The average molecular weight is 455 g/mol. The molecule has 0 saturated heterocycles. The molecule has 4 aromatic rings. The molecule has 158 valence electrons. The van der Waals surface area contributed by atoms with Crippen molar-refractivity contribution in [3.8, 4) is 26.8 Å². The largest absolute Gasteiger partial charge is 0.496 e. The third kappa shape index (κ3) is 4.07. The van der Waals surface area contributed by atoms with Gasteiger partial charge in [-0.15, -0.1) is 11.3 Å². The second-order valence-corrected chi connectivity index (χ2v) is 8.31. The number of anilines is 1. The monoisotopic (exact) mass is 454 g/mol. The van der Waals surface area contributed by atoms with E-state index in [1.807, 2.05) is 35.7 Å². The number of nitrogens with one attached hydrogen (secondary N) is 1. The lowest BCUT2D eigenvalue weighted by Gasteiger charge is -2.06. The number of hydrogen-bond acceptors (Lipinski definition) is 8. The molecule has 3 aromatic heterocycles. The third-order valence-corrected chi connectivity index (χ3v) is 6.36. The van der Waals surface area contributed by atoms with E-state index in [0.717, 1.165) is 4.88 Å². The Morgan fingerprint density at radius 3 is 2.65 bits per heavy atom. The van der Waals surface area contributed by atoms with Crippen LogP contribution in [-0.4, -0.2) is 40.9 Å². The van der Waals surface area contributed by atoms with Gasteiger partial charge in [0.15, 0.2) is 10.8 Å². The third-order valence-electron chi connectivity index (χ3n) is 4.46. The van der Waals surface area contributed by atoms with E-state index in [2.05, 4.69) is 15.4 Å². The van der Waals surface area contributed by atoms with Crippen LogP contribution >= 0.6 is 22.7 Å². The molecular weight excluding hydrogens is 436 g/mol. The molecule has 0 spiro atoms. The number of rotatable bonds is 6. The summed E-state index contributed by atoms with van der Waals surface area (Å²) < 4.78 is 11.8. The molecule has 4 rings (SSSR count). The number of esters is 1. The molecule has 0 fully saturated rings. The Morgan fingerprint density at radius 2 is 1.94 bits per heavy atom. The molecule has 0 unspecified atom stereocenters. The topological polar surface area (TPSA) is 95.3 Å². The molecule has 3 heterocycles. The molecule has 0 radical (unpaired) electrons. The Kier molecular flexibility index (Phi) is 5.83. The van der Waals surface area contributed by atoms with Crippen LogP contribution in [-0.2, 0) is 11.8 Å². The summed E-state index contributed by atoms with van der Waals surface area (Å²) in [5.41, 5.74) is 1.88. The second kappa shape index (κ2) is 8.70. The summed E-state index contributed by atoms with van der Waals surface area (Å²) in [5, 5.41) is 9.40. The van der Waals surface area contributed by atoms with E-state index in [1.54, 1.807) is 37.6 Å². The molecule has 0 aliphatic heterocycles. The molecule has 31 heavy (non-hydrogen) atoms. The zero-order valence-corrected chi connectivity index (χ0v) is 18.5. The molecular formula is C21H18N4O4S2. The Labute approximate surface area is 186 Å². The van der Waals surface area contributed by atoms with Crippen molar-refractivity contribution in [2.75, 3.05) is 19.5 Å². The summed E-state index contributed by atoms with van der Waals surface area (Å²) in [4.78, 5) is 31.0. The van der Waals surface area contributed by atoms with Gasteiger partial charge in [-0.3, -0.25) is 14.8 Å². The first-order valence-electron chi connectivity index (χ1n) is 9.13. The number of aryl methyl sites for hydroxylation is 1. The van der Waals surface area contributed by atoms with Crippen LogP contribution in [0.1, 0.15) is 21.0 Å². The van der Waals surface area contributed by atoms with Crippen molar-refractivity contribution in [2.45, 2.75) is 0 Å². The summed E-state index contributed by atoms with van der Waals surface area (Å²) in [6, 6.07) is 12.9. The van der Waals surface area contributed by atoms with Crippen molar-refractivity contribution >= 4 is 39.7 Å². The highest BCUT2D eigenvalue weighted by Gasteiger charge is 2.24. The minimum absolute atomic E-state index is 0.108. The number of benzene rings is 1. The van der Waals surface area contributed by atoms with Gasteiger partial charge < -0.3 is 9.47 Å². The van der Waals surface area contributed by atoms with Crippen LogP contribution in [0.3, 0.4) is 0 Å². The molecule has 1 amide bonds. The van der Waals surface area contributed by atoms with Gasteiger partial charge in [0.1, 0.15) is 17.1 Å². The summed E-state index contributed by atoms with van der Waals surface area (Å²) in [7, 11) is 4.54. The highest BCUT2D eigenvalue weighted by atomic mass is 32.1. The number of carbonyl (C=O) groups is 2. The number of thiophene rings is 1. The number of methoxy groups -OCH3 is 2. The van der Waals surface area contributed by atoms with Gasteiger partial charge in [0.2, 0.25) is 0 Å². The van der Waals surface area contributed by atoms with E-state index < -0.39 is 5.97 Å². The van der Waals surface area contributed by atoms with Gasteiger partial charge >= 0.3 is 5.97 Å². The molecule has 1 N–H and O–H groups in total. The maximum Gasteiger partial charge on any atom is 0.358 e. The Bertz CT molecular complexity index is 1240. The number of aromatic nitrogens is 3. The predicted octanol–water partition coefficient (Wildman–Crippen LogP) is 4.32. The van der Waals surface area contributed by atoms with Crippen LogP contribution in [0.5, 0.6) is 5.75 Å². The van der Waals surface area contributed by atoms with Gasteiger partial charge in [-0.1, -0.05) is 29.5 Å². The van der Waals surface area contributed by atoms with E-state index >= 15 is 0 Å². The Morgan fingerprint density at radius 1 is 1.13 bits per heavy atom. The molecule has 0 bridgehead atoms. The van der Waals surface area contributed by atoms with Crippen LogP contribution in [0.4, 0.5) is 5.13 Å². The van der Waals surface area contributed by atoms with Crippen LogP contribution in [0.25, 0.3) is 21.0 Å². The molecule has 10 heteroatoms. The highest BCUT2D eigenvalue weighted by molar-refractivity contribution is 7.19. The first-order valence-corrected chi connectivity index (χ1v) is 10.8. The minimum atomic E-state index is -0.599. The minimum Gasteiger partial charge on any atom is -0.496 e. The van der Waals surface area contributed by atoms with Crippen LogP contribution < -0.4 is 10.1 Å². The lowest BCUT2D eigenvalue weighted by Crippen LogP contribution is -2.16. The molecule has 1 aromatic carbocycles. The second-order valence-electron chi connectivity index (χ2n) is 6.36. The maximum atomic E-state index is 12.9. The fourth-order valence-corrected chi connectivity index (χ4v) is 4.67. The molecule has 0 saturated carbocycles. The molecule has 0 aliphatic carbocycles. The van der Waals surface area contributed by atoms with Crippen molar-refractivity contribution < 1.29 is 19.1 Å². The Balaban J connectivity index is 1.67.